The summed E-state index contributed by atoms with van der Waals surface area (Å²) in [6.07, 6.45) is 0. The molecule has 0 bridgehead atoms. The van der Waals surface area contributed by atoms with E-state index < -0.39 is 0 Å². The lowest BCUT2D eigenvalue weighted by Gasteiger charge is -2.22. The van der Waals surface area contributed by atoms with E-state index in [0.717, 1.165) is 11.4 Å². The molecule has 0 spiro atoms. The van der Waals surface area contributed by atoms with Gasteiger partial charge in [0.05, 0.1) is 0 Å². The zero-order chi connectivity index (χ0) is 13.1. The molecule has 92 valence electrons. The molecule has 18 heavy (non-hydrogen) atoms. The van der Waals surface area contributed by atoms with Crippen LogP contribution < -0.4 is 10.6 Å². The summed E-state index contributed by atoms with van der Waals surface area (Å²) >= 11 is 11.7. The third kappa shape index (κ3) is 2.75. The van der Waals surface area contributed by atoms with E-state index >= 15 is 0 Å². The highest BCUT2D eigenvalue weighted by molar-refractivity contribution is 6.31. The van der Waals surface area contributed by atoms with Crippen LogP contribution in [0.5, 0.6) is 0 Å². The molecule has 0 atom stereocenters. The minimum atomic E-state index is -0.0698. The van der Waals surface area contributed by atoms with Crippen molar-refractivity contribution >= 4 is 40.5 Å². The summed E-state index contributed by atoms with van der Waals surface area (Å²) < 4.78 is 0. The lowest BCUT2D eigenvalue weighted by molar-refractivity contribution is 1.26. The van der Waals surface area contributed by atoms with E-state index in [2.05, 4.69) is 0 Å². The summed E-state index contributed by atoms with van der Waals surface area (Å²) in [5.74, 6) is -0.0698. The SMILES string of the molecule is N=C(N)N(c1ccc(Cl)cc1)c1ccc(Cl)cc1. The first-order valence-corrected chi connectivity index (χ1v) is 5.99. The molecule has 0 fully saturated rings. The summed E-state index contributed by atoms with van der Waals surface area (Å²) in [7, 11) is 0. The van der Waals surface area contributed by atoms with E-state index in [1.807, 2.05) is 0 Å². The molecule has 0 saturated heterocycles. The van der Waals surface area contributed by atoms with Crippen molar-refractivity contribution in [1.82, 2.24) is 0 Å². The number of benzene rings is 2. The molecule has 0 unspecified atom stereocenters. The standard InChI is InChI=1S/C13H11Cl2N3/c14-9-1-5-11(6-2-9)18(13(16)17)12-7-3-10(15)4-8-12/h1-8H,(H3,16,17). The Bertz CT molecular complexity index is 504. The van der Waals surface area contributed by atoms with Crippen LogP contribution in [-0.4, -0.2) is 5.96 Å². The minimum Gasteiger partial charge on any atom is -0.369 e. The molecule has 5 heteroatoms. The largest absolute Gasteiger partial charge is 0.369 e. The molecule has 2 aromatic carbocycles. The highest BCUT2D eigenvalue weighted by Crippen LogP contribution is 2.27. The number of nitrogens with zero attached hydrogens (tertiary/aromatic N) is 1. The van der Waals surface area contributed by atoms with Gasteiger partial charge in [0.15, 0.2) is 5.96 Å². The van der Waals surface area contributed by atoms with Crippen LogP contribution in [0, 0.1) is 5.41 Å². The highest BCUT2D eigenvalue weighted by atomic mass is 35.5. The van der Waals surface area contributed by atoms with Crippen molar-refractivity contribution < 1.29 is 0 Å². The molecule has 0 aliphatic rings. The fourth-order valence-electron chi connectivity index (χ4n) is 1.61. The summed E-state index contributed by atoms with van der Waals surface area (Å²) in [4.78, 5) is 1.60. The van der Waals surface area contributed by atoms with Gasteiger partial charge in [-0.25, -0.2) is 0 Å². The predicted molar refractivity (Wildman–Crippen MR) is 77.0 cm³/mol. The Morgan fingerprint density at radius 1 is 0.833 bits per heavy atom. The second kappa shape index (κ2) is 5.29. The van der Waals surface area contributed by atoms with E-state index in [9.17, 15) is 0 Å². The Labute approximate surface area is 115 Å². The normalized spacial score (nSPS) is 10.1. The van der Waals surface area contributed by atoms with Gasteiger partial charge in [0, 0.05) is 21.4 Å². The van der Waals surface area contributed by atoms with Crippen LogP contribution in [0.25, 0.3) is 0 Å². The molecule has 3 N–H and O–H groups in total. The van der Waals surface area contributed by atoms with Crippen LogP contribution in [0.3, 0.4) is 0 Å². The lowest BCUT2D eigenvalue weighted by atomic mass is 10.2. The molecule has 2 aromatic rings. The number of nitrogens with two attached hydrogens (primary N) is 1. The maximum atomic E-state index is 7.67. The maximum Gasteiger partial charge on any atom is 0.197 e. The van der Waals surface area contributed by atoms with Crippen LogP contribution in [0.1, 0.15) is 0 Å². The van der Waals surface area contributed by atoms with Crippen LogP contribution >= 0.6 is 23.2 Å². The molecule has 0 heterocycles. The topological polar surface area (TPSA) is 53.1 Å². The quantitative estimate of drug-likeness (QED) is 0.644. The van der Waals surface area contributed by atoms with Crippen molar-refractivity contribution in [2.45, 2.75) is 0 Å². The molecular weight excluding hydrogens is 269 g/mol. The van der Waals surface area contributed by atoms with E-state index in [4.69, 9.17) is 34.3 Å². The van der Waals surface area contributed by atoms with E-state index in [1.165, 1.54) is 0 Å². The maximum absolute atomic E-state index is 7.67. The smallest absolute Gasteiger partial charge is 0.197 e. The number of halogens is 2. The number of hydrogen-bond donors (Lipinski definition) is 2. The number of guanidine groups is 1. The summed E-state index contributed by atoms with van der Waals surface area (Å²) in [6, 6.07) is 14.2. The minimum absolute atomic E-state index is 0.0698. The second-order valence-corrected chi connectivity index (χ2v) is 4.55. The lowest BCUT2D eigenvalue weighted by Crippen LogP contribution is -2.32. The first kappa shape index (κ1) is 12.7. The molecular formula is C13H11Cl2N3. The fourth-order valence-corrected chi connectivity index (χ4v) is 1.86. The molecule has 2 rings (SSSR count). The molecule has 0 aromatic heterocycles. The Kier molecular flexibility index (Phi) is 3.75. The van der Waals surface area contributed by atoms with Gasteiger partial charge < -0.3 is 5.73 Å². The van der Waals surface area contributed by atoms with Crippen LogP contribution in [-0.2, 0) is 0 Å². The van der Waals surface area contributed by atoms with Crippen molar-refractivity contribution in [2.24, 2.45) is 5.73 Å². The molecule has 0 radical (unpaired) electrons. The predicted octanol–water partition coefficient (Wildman–Crippen LogP) is 4.02. The Balaban J connectivity index is 2.43. The summed E-state index contributed by atoms with van der Waals surface area (Å²) in [6.45, 7) is 0. The fraction of sp³-hybridized carbons (Fsp3) is 0. The second-order valence-electron chi connectivity index (χ2n) is 3.67. The van der Waals surface area contributed by atoms with E-state index in [1.54, 1.807) is 53.4 Å². The summed E-state index contributed by atoms with van der Waals surface area (Å²) in [5.41, 5.74) is 7.16. The molecule has 0 aliphatic heterocycles. The zero-order valence-electron chi connectivity index (χ0n) is 9.40. The number of nitrogens with one attached hydrogen (secondary N) is 1. The number of anilines is 2. The average molecular weight is 280 g/mol. The number of rotatable bonds is 2. The van der Waals surface area contributed by atoms with E-state index in [-0.39, 0.29) is 5.96 Å². The third-order valence-electron chi connectivity index (χ3n) is 2.41. The average Bonchev–Trinajstić information content (AvgIpc) is 2.34. The third-order valence-corrected chi connectivity index (χ3v) is 2.91. The van der Waals surface area contributed by atoms with Gasteiger partial charge in [0.2, 0.25) is 0 Å². The monoisotopic (exact) mass is 279 g/mol. The van der Waals surface area contributed by atoms with E-state index in [0.29, 0.717) is 10.0 Å². The van der Waals surface area contributed by atoms with Crippen LogP contribution in [0.2, 0.25) is 10.0 Å². The van der Waals surface area contributed by atoms with Gasteiger partial charge in [-0.05, 0) is 48.5 Å². The van der Waals surface area contributed by atoms with Gasteiger partial charge in [0.1, 0.15) is 0 Å². The van der Waals surface area contributed by atoms with Crippen molar-refractivity contribution in [2.75, 3.05) is 4.90 Å². The molecule has 3 nitrogen and oxygen atoms in total. The Morgan fingerprint density at radius 3 is 1.44 bits per heavy atom. The summed E-state index contributed by atoms with van der Waals surface area (Å²) in [5, 5.41) is 8.95. The van der Waals surface area contributed by atoms with Gasteiger partial charge in [-0.1, -0.05) is 23.2 Å². The van der Waals surface area contributed by atoms with Crippen molar-refractivity contribution in [1.29, 1.82) is 5.41 Å². The van der Waals surface area contributed by atoms with Crippen molar-refractivity contribution in [3.05, 3.63) is 58.6 Å². The number of hydrogen-bond acceptors (Lipinski definition) is 1. The molecule has 0 saturated carbocycles. The molecule has 0 aliphatic carbocycles. The van der Waals surface area contributed by atoms with Crippen molar-refractivity contribution in [3.63, 3.8) is 0 Å². The van der Waals surface area contributed by atoms with Gasteiger partial charge in [-0.15, -0.1) is 0 Å². The Morgan fingerprint density at radius 2 is 1.17 bits per heavy atom. The van der Waals surface area contributed by atoms with Crippen molar-refractivity contribution in [3.8, 4) is 0 Å². The van der Waals surface area contributed by atoms with Crippen LogP contribution in [0.15, 0.2) is 48.5 Å². The van der Waals surface area contributed by atoms with Gasteiger partial charge in [-0.3, -0.25) is 10.3 Å². The van der Waals surface area contributed by atoms with Gasteiger partial charge in [0.25, 0.3) is 0 Å². The van der Waals surface area contributed by atoms with Gasteiger partial charge >= 0.3 is 0 Å². The molecule has 0 amide bonds. The highest BCUT2D eigenvalue weighted by Gasteiger charge is 2.11. The Hall–Kier alpha value is -1.71. The first-order chi connectivity index (χ1) is 8.58. The van der Waals surface area contributed by atoms with Gasteiger partial charge in [-0.2, -0.15) is 0 Å². The van der Waals surface area contributed by atoms with Crippen LogP contribution in [0.4, 0.5) is 11.4 Å². The first-order valence-electron chi connectivity index (χ1n) is 5.23. The zero-order valence-corrected chi connectivity index (χ0v) is 10.9.